The molecular weight excluding hydrogens is 884 g/mol. The molecule has 0 aromatic carbocycles. The van der Waals surface area contributed by atoms with E-state index in [-0.39, 0.29) is 18.4 Å². The van der Waals surface area contributed by atoms with E-state index in [0.29, 0.717) is 51.4 Å². The molecule has 23 heteroatoms. The molecule has 0 amide bonds. The van der Waals surface area contributed by atoms with Crippen molar-refractivity contribution in [2.45, 2.75) is 188 Å². The maximum atomic E-state index is 14.7. The summed E-state index contributed by atoms with van der Waals surface area (Å²) in [6.45, 7) is 5.17. The number of carbonyl (C=O) groups is 1. The first-order chi connectivity index (χ1) is 31.2. The van der Waals surface area contributed by atoms with Gasteiger partial charge in [0.25, 0.3) is 0 Å². The van der Waals surface area contributed by atoms with E-state index in [1.807, 2.05) is 0 Å². The van der Waals surface area contributed by atoms with Gasteiger partial charge in [-0.1, -0.05) is 25.5 Å². The summed E-state index contributed by atoms with van der Waals surface area (Å²) in [5.41, 5.74) is -1.37. The van der Waals surface area contributed by atoms with Gasteiger partial charge in [-0.3, -0.25) is 4.79 Å². The van der Waals surface area contributed by atoms with Crippen LogP contribution < -0.4 is 0 Å². The van der Waals surface area contributed by atoms with Crippen LogP contribution in [0.25, 0.3) is 0 Å². The smallest absolute Gasteiger partial charge is 0.314 e. The molecule has 25 atom stereocenters. The summed E-state index contributed by atoms with van der Waals surface area (Å²) >= 11 is 0. The van der Waals surface area contributed by atoms with Crippen LogP contribution in [0.4, 0.5) is 0 Å². The molecule has 3 aliphatic carbocycles. The number of aliphatic hydroxyl groups excluding tert-OH is 14. The Morgan fingerprint density at radius 3 is 1.64 bits per heavy atom. The summed E-state index contributed by atoms with van der Waals surface area (Å²) in [4.78, 5) is 14.7. The first kappa shape index (κ1) is 52.2. The van der Waals surface area contributed by atoms with E-state index in [9.17, 15) is 76.3 Å². The Bertz CT molecular complexity index is 1660. The van der Waals surface area contributed by atoms with Crippen molar-refractivity contribution in [1.29, 1.82) is 0 Å². The monoisotopic (exact) mass is 954 g/mol. The van der Waals surface area contributed by atoms with E-state index < -0.39 is 171 Å². The molecule has 380 valence electrons. The number of hydrogen-bond acceptors (Lipinski definition) is 23. The minimum absolute atomic E-state index is 0.00145. The molecule has 23 nitrogen and oxygen atoms in total. The van der Waals surface area contributed by atoms with Crippen molar-refractivity contribution >= 4 is 5.97 Å². The van der Waals surface area contributed by atoms with Gasteiger partial charge in [0.1, 0.15) is 91.6 Å². The van der Waals surface area contributed by atoms with Crippen LogP contribution in [0.15, 0.2) is 12.2 Å². The van der Waals surface area contributed by atoms with Gasteiger partial charge in [-0.2, -0.15) is 0 Å². The lowest BCUT2D eigenvalue weighted by Gasteiger charge is -2.64. The van der Waals surface area contributed by atoms with E-state index in [2.05, 4.69) is 13.5 Å². The largest absolute Gasteiger partial charge is 0.432 e. The second-order valence-corrected chi connectivity index (χ2v) is 20.0. The van der Waals surface area contributed by atoms with Crippen molar-refractivity contribution < 1.29 is 114 Å². The van der Waals surface area contributed by atoms with Crippen LogP contribution in [0.3, 0.4) is 0 Å². The molecule has 0 radical (unpaired) electrons. The van der Waals surface area contributed by atoms with Crippen LogP contribution in [-0.4, -0.2) is 233 Å². The highest BCUT2D eigenvalue weighted by molar-refractivity contribution is 5.77. The summed E-state index contributed by atoms with van der Waals surface area (Å²) in [5.74, 6) is -1.14. The van der Waals surface area contributed by atoms with Crippen LogP contribution in [0.2, 0.25) is 0 Å². The SMILES string of the molecule is C=C1CC[C@@H]2C(COC3OC(CO)C(O)C(OC4OC(CO)C(O)C(O)C4O)C3O)(CCC3[C@](C)(C(=O)OC4OC(CO)C(O)C(O)C4OC4OC(CO)C(O)C(O)C4O)CCC[C@]32C)C1. The fraction of sp³-hybridized carbons (Fsp3) is 0.930. The molecule has 0 aromatic rings. The van der Waals surface area contributed by atoms with Gasteiger partial charge in [-0.25, -0.2) is 0 Å². The Kier molecular flexibility index (Phi) is 16.3. The van der Waals surface area contributed by atoms with E-state index in [1.165, 1.54) is 0 Å². The van der Waals surface area contributed by atoms with Crippen LogP contribution in [0.5, 0.6) is 0 Å². The van der Waals surface area contributed by atoms with Crippen LogP contribution in [-0.2, 0) is 42.7 Å². The second kappa shape index (κ2) is 20.6. The number of rotatable bonds is 13. The summed E-state index contributed by atoms with van der Waals surface area (Å²) in [6, 6.07) is 0. The quantitative estimate of drug-likeness (QED) is 0.0606. The highest BCUT2D eigenvalue weighted by atomic mass is 16.8. The zero-order valence-corrected chi connectivity index (χ0v) is 37.0. The normalized spacial score (nSPS) is 52.3. The molecular formula is C43H70O23. The molecule has 4 saturated heterocycles. The predicted octanol–water partition coefficient (Wildman–Crippen LogP) is -5.26. The molecule has 7 fully saturated rings. The third kappa shape index (κ3) is 9.37. The fourth-order valence-electron chi connectivity index (χ4n) is 12.3. The first-order valence-electron chi connectivity index (χ1n) is 22.9. The lowest BCUT2D eigenvalue weighted by molar-refractivity contribution is -0.364. The number of allylic oxidation sites excluding steroid dienone is 1. The number of hydrogen-bond donors (Lipinski definition) is 14. The Balaban J connectivity index is 1.09. The summed E-state index contributed by atoms with van der Waals surface area (Å²) in [5, 5.41) is 147. The lowest BCUT2D eigenvalue weighted by Crippen LogP contribution is -2.65. The average molecular weight is 955 g/mol. The third-order valence-electron chi connectivity index (χ3n) is 16.0. The van der Waals surface area contributed by atoms with E-state index >= 15 is 0 Å². The highest BCUT2D eigenvalue weighted by Crippen LogP contribution is 2.68. The number of aliphatic hydroxyl groups is 14. The summed E-state index contributed by atoms with van der Waals surface area (Å²) in [7, 11) is 0. The molecule has 7 rings (SSSR count). The van der Waals surface area contributed by atoms with Crippen molar-refractivity contribution in [2.24, 2.45) is 28.1 Å². The van der Waals surface area contributed by atoms with Gasteiger partial charge in [0.05, 0.1) is 38.4 Å². The molecule has 22 unspecified atom stereocenters. The predicted molar refractivity (Wildman–Crippen MR) is 217 cm³/mol. The van der Waals surface area contributed by atoms with Crippen LogP contribution >= 0.6 is 0 Å². The zero-order valence-electron chi connectivity index (χ0n) is 37.0. The molecule has 4 aliphatic heterocycles. The number of fused-ring (bicyclic) bond motifs is 3. The van der Waals surface area contributed by atoms with Gasteiger partial charge >= 0.3 is 5.97 Å². The Morgan fingerprint density at radius 1 is 0.576 bits per heavy atom. The number of esters is 1. The number of carbonyl (C=O) groups excluding carboxylic acids is 1. The minimum Gasteiger partial charge on any atom is -0.432 e. The number of ether oxygens (including phenoxy) is 8. The Morgan fingerprint density at radius 2 is 1.08 bits per heavy atom. The third-order valence-corrected chi connectivity index (χ3v) is 16.0. The van der Waals surface area contributed by atoms with Gasteiger partial charge in [-0.05, 0) is 69.1 Å². The standard InChI is InChI=1S/C43H70O23/c1-17-5-6-23-41(2)8-4-9-42(3,40(58)66-39-35(30(54)26(50)20(14-46)63-39)65-38-32(56)29(53)25(49)19(13-45)62-38)22(41)7-10-43(23,11-17)16-59-36-33(57)34(27(51)21(15-47)60-36)64-37-31(55)28(52)24(48)18(12-44)61-37/h18-39,44-57H,1,4-16H2,2-3H3/t18?,19?,20?,21?,22?,23-,24?,25?,26?,27?,28?,29?,30?,31?,32?,33?,34?,35?,36?,37?,38?,39?,41+,42+,43?/m0/s1. The molecule has 7 aliphatic rings. The van der Waals surface area contributed by atoms with Crippen molar-refractivity contribution in [3.05, 3.63) is 12.2 Å². The second-order valence-electron chi connectivity index (χ2n) is 20.0. The van der Waals surface area contributed by atoms with Gasteiger partial charge in [0, 0.05) is 5.41 Å². The maximum Gasteiger partial charge on any atom is 0.314 e. The first-order valence-corrected chi connectivity index (χ1v) is 22.9. The van der Waals surface area contributed by atoms with Gasteiger partial charge in [0.2, 0.25) is 6.29 Å². The molecule has 0 spiro atoms. The van der Waals surface area contributed by atoms with E-state index in [0.717, 1.165) is 5.57 Å². The van der Waals surface area contributed by atoms with Crippen molar-refractivity contribution in [2.75, 3.05) is 33.0 Å². The summed E-state index contributed by atoms with van der Waals surface area (Å²) in [6.07, 6.45) is -29.0. The summed E-state index contributed by atoms with van der Waals surface area (Å²) < 4.78 is 46.7. The molecule has 0 bridgehead atoms. The topological polar surface area (TPSA) is 374 Å². The minimum atomic E-state index is -1.91. The van der Waals surface area contributed by atoms with Gasteiger partial charge < -0.3 is 109 Å². The Hall–Kier alpha value is -1.63. The van der Waals surface area contributed by atoms with E-state index in [4.69, 9.17) is 37.9 Å². The van der Waals surface area contributed by atoms with Crippen molar-refractivity contribution in [3.63, 3.8) is 0 Å². The average Bonchev–Trinajstić information content (AvgIpc) is 3.29. The molecule has 66 heavy (non-hydrogen) atoms. The van der Waals surface area contributed by atoms with Crippen LogP contribution in [0.1, 0.15) is 65.2 Å². The highest BCUT2D eigenvalue weighted by Gasteiger charge is 2.65. The van der Waals surface area contributed by atoms with Gasteiger partial charge in [-0.15, -0.1) is 0 Å². The molecule has 14 N–H and O–H groups in total. The zero-order chi connectivity index (χ0) is 48.2. The lowest BCUT2D eigenvalue weighted by atomic mass is 9.40. The molecule has 3 saturated carbocycles. The fourth-order valence-corrected chi connectivity index (χ4v) is 12.3. The van der Waals surface area contributed by atoms with Crippen molar-refractivity contribution in [1.82, 2.24) is 0 Å². The molecule has 4 heterocycles. The van der Waals surface area contributed by atoms with Crippen molar-refractivity contribution in [3.8, 4) is 0 Å². The van der Waals surface area contributed by atoms with Crippen LogP contribution in [0, 0.1) is 28.1 Å². The van der Waals surface area contributed by atoms with E-state index in [1.54, 1.807) is 6.92 Å². The molecule has 0 aromatic heterocycles. The Labute approximate surface area is 381 Å². The maximum absolute atomic E-state index is 14.7. The van der Waals surface area contributed by atoms with Gasteiger partial charge in [0.15, 0.2) is 25.0 Å².